The highest BCUT2D eigenvalue weighted by molar-refractivity contribution is 5.92. The molecule has 6 nitrogen and oxygen atoms in total. The molecule has 32 heavy (non-hydrogen) atoms. The van der Waals surface area contributed by atoms with Crippen LogP contribution in [-0.4, -0.2) is 34.9 Å². The Balaban J connectivity index is 1.08. The van der Waals surface area contributed by atoms with Gasteiger partial charge < -0.3 is 9.73 Å². The normalized spacial score (nSPS) is 21.1. The maximum absolute atomic E-state index is 12.5. The summed E-state index contributed by atoms with van der Waals surface area (Å²) in [5, 5.41) is 12.3. The topological polar surface area (TPSA) is 82.2 Å². The molecule has 2 aromatic carbocycles. The van der Waals surface area contributed by atoms with E-state index in [1.807, 2.05) is 36.4 Å². The van der Waals surface area contributed by atoms with Crippen LogP contribution in [0.15, 0.2) is 46.9 Å². The smallest absolute Gasteiger partial charge is 0.307 e. The van der Waals surface area contributed by atoms with Crippen molar-refractivity contribution in [1.29, 1.82) is 5.26 Å². The van der Waals surface area contributed by atoms with Gasteiger partial charge in [0, 0.05) is 19.1 Å². The van der Waals surface area contributed by atoms with Crippen molar-refractivity contribution in [2.75, 3.05) is 13.1 Å². The van der Waals surface area contributed by atoms with Crippen molar-refractivity contribution in [3.05, 3.63) is 65.0 Å². The maximum atomic E-state index is 12.5. The molecule has 1 aliphatic heterocycles. The van der Waals surface area contributed by atoms with Gasteiger partial charge in [0.2, 0.25) is 0 Å². The van der Waals surface area contributed by atoms with Gasteiger partial charge in [-0.1, -0.05) is 18.2 Å². The van der Waals surface area contributed by atoms with Crippen molar-refractivity contribution in [3.63, 3.8) is 0 Å². The molecule has 0 unspecified atom stereocenters. The number of fused-ring (bicyclic) bond motifs is 2. The molecule has 2 aliphatic rings. The molecule has 6 heteroatoms. The lowest BCUT2D eigenvalue weighted by Crippen LogP contribution is -2.38. The predicted molar refractivity (Wildman–Crippen MR) is 122 cm³/mol. The standard InChI is InChI=1S/C26H28N4O2/c27-16-19-5-8-20-12-14-30(17-21(20)15-19)13-11-18-6-9-22(10-7-18)28-25(31)26-29-23-3-1-2-4-24(23)32-26/h1-5,8,15,18,22H,6-7,9-14,17H2,(H,28,31). The molecule has 1 saturated carbocycles. The number of nitrogens with one attached hydrogen (secondary N) is 1. The number of hydrogen-bond donors (Lipinski definition) is 1. The van der Waals surface area contributed by atoms with Crippen LogP contribution in [0.25, 0.3) is 11.1 Å². The van der Waals surface area contributed by atoms with Gasteiger partial charge in [-0.15, -0.1) is 0 Å². The van der Waals surface area contributed by atoms with Gasteiger partial charge >= 0.3 is 5.91 Å². The van der Waals surface area contributed by atoms with Crippen molar-refractivity contribution in [2.45, 2.75) is 51.1 Å². The minimum Gasteiger partial charge on any atom is -0.432 e. The lowest BCUT2D eigenvalue weighted by atomic mass is 9.84. The predicted octanol–water partition coefficient (Wildman–Crippen LogP) is 4.44. The third-order valence-electron chi connectivity index (χ3n) is 6.95. The Hall–Kier alpha value is -3.17. The number of oxazole rings is 1. The summed E-state index contributed by atoms with van der Waals surface area (Å²) in [5.74, 6) is 0.644. The van der Waals surface area contributed by atoms with Crippen molar-refractivity contribution in [1.82, 2.24) is 15.2 Å². The van der Waals surface area contributed by atoms with Gasteiger partial charge in [0.1, 0.15) is 5.52 Å². The van der Waals surface area contributed by atoms with Crippen LogP contribution in [0, 0.1) is 17.2 Å². The van der Waals surface area contributed by atoms with Gasteiger partial charge in [-0.05, 0) is 86.4 Å². The first-order valence-corrected chi connectivity index (χ1v) is 11.6. The van der Waals surface area contributed by atoms with Crippen LogP contribution in [0.1, 0.15) is 59.5 Å². The molecule has 0 radical (unpaired) electrons. The summed E-state index contributed by atoms with van der Waals surface area (Å²) in [6.45, 7) is 3.14. The van der Waals surface area contributed by atoms with Crippen LogP contribution in [0.3, 0.4) is 0 Å². The fourth-order valence-corrected chi connectivity index (χ4v) is 5.05. The zero-order valence-corrected chi connectivity index (χ0v) is 18.2. The molecule has 2 heterocycles. The second-order valence-corrected chi connectivity index (χ2v) is 9.09. The summed E-state index contributed by atoms with van der Waals surface area (Å²) in [6.07, 6.45) is 6.55. The maximum Gasteiger partial charge on any atom is 0.307 e. The number of carbonyl (C=O) groups excluding carboxylic acids is 1. The van der Waals surface area contributed by atoms with Crippen LogP contribution in [0.2, 0.25) is 0 Å². The zero-order valence-electron chi connectivity index (χ0n) is 18.2. The van der Waals surface area contributed by atoms with E-state index in [9.17, 15) is 4.79 Å². The Kier molecular flexibility index (Phi) is 5.91. The van der Waals surface area contributed by atoms with E-state index in [0.29, 0.717) is 17.0 Å². The number of nitrogens with zero attached hydrogens (tertiary/aromatic N) is 3. The van der Waals surface area contributed by atoms with E-state index in [4.69, 9.17) is 9.68 Å². The van der Waals surface area contributed by atoms with Gasteiger partial charge in [0.15, 0.2) is 5.58 Å². The lowest BCUT2D eigenvalue weighted by Gasteiger charge is -2.32. The van der Waals surface area contributed by atoms with Crippen LogP contribution in [-0.2, 0) is 13.0 Å². The van der Waals surface area contributed by atoms with E-state index in [-0.39, 0.29) is 17.8 Å². The molecule has 3 aromatic rings. The van der Waals surface area contributed by atoms with Crippen molar-refractivity contribution in [2.24, 2.45) is 5.92 Å². The third-order valence-corrected chi connectivity index (χ3v) is 6.95. The molecule has 0 atom stereocenters. The Bertz CT molecular complexity index is 1120. The Morgan fingerprint density at radius 2 is 2.00 bits per heavy atom. The summed E-state index contributed by atoms with van der Waals surface area (Å²) >= 11 is 0. The molecule has 0 bridgehead atoms. The summed E-state index contributed by atoms with van der Waals surface area (Å²) in [4.78, 5) is 19.4. The molecule has 5 rings (SSSR count). The highest BCUT2D eigenvalue weighted by atomic mass is 16.4. The Morgan fingerprint density at radius 1 is 1.16 bits per heavy atom. The van der Waals surface area contributed by atoms with E-state index < -0.39 is 0 Å². The third kappa shape index (κ3) is 4.53. The zero-order chi connectivity index (χ0) is 21.9. The number of para-hydroxylation sites is 2. The summed E-state index contributed by atoms with van der Waals surface area (Å²) in [5.41, 5.74) is 4.80. The van der Waals surface area contributed by atoms with Gasteiger partial charge in [0.25, 0.3) is 5.89 Å². The first-order valence-electron chi connectivity index (χ1n) is 11.6. The van der Waals surface area contributed by atoms with E-state index >= 15 is 0 Å². The van der Waals surface area contributed by atoms with Crippen LogP contribution in [0.5, 0.6) is 0 Å². The molecule has 0 saturated heterocycles. The molecule has 1 N–H and O–H groups in total. The first-order chi connectivity index (χ1) is 15.7. The molecule has 1 fully saturated rings. The average molecular weight is 429 g/mol. The second-order valence-electron chi connectivity index (χ2n) is 9.09. The van der Waals surface area contributed by atoms with Crippen LogP contribution >= 0.6 is 0 Å². The van der Waals surface area contributed by atoms with Crippen molar-refractivity contribution >= 4 is 17.0 Å². The number of rotatable bonds is 5. The quantitative estimate of drug-likeness (QED) is 0.650. The van der Waals surface area contributed by atoms with Gasteiger partial charge in [-0.3, -0.25) is 9.69 Å². The fraction of sp³-hybridized carbons (Fsp3) is 0.423. The number of nitriles is 1. The number of benzene rings is 2. The van der Waals surface area contributed by atoms with E-state index in [1.165, 1.54) is 17.5 Å². The highest BCUT2D eigenvalue weighted by Crippen LogP contribution is 2.28. The summed E-state index contributed by atoms with van der Waals surface area (Å²) < 4.78 is 5.59. The van der Waals surface area contributed by atoms with E-state index in [0.717, 1.165) is 57.3 Å². The van der Waals surface area contributed by atoms with E-state index in [1.54, 1.807) is 0 Å². The first kappa shape index (κ1) is 20.7. The van der Waals surface area contributed by atoms with Gasteiger partial charge in [0.05, 0.1) is 11.6 Å². The monoisotopic (exact) mass is 428 g/mol. The SMILES string of the molecule is N#Cc1ccc2c(c1)CN(CCC1CCC(NC(=O)c3nc4ccccc4o3)CC1)CC2. The number of carbonyl (C=O) groups is 1. The van der Waals surface area contributed by atoms with E-state index in [2.05, 4.69) is 27.3 Å². The van der Waals surface area contributed by atoms with Gasteiger partial charge in [-0.25, -0.2) is 4.98 Å². The fourth-order valence-electron chi connectivity index (χ4n) is 5.05. The number of hydrogen-bond acceptors (Lipinski definition) is 5. The molecule has 0 spiro atoms. The Morgan fingerprint density at radius 3 is 2.81 bits per heavy atom. The molecule has 1 aliphatic carbocycles. The minimum atomic E-state index is -0.214. The number of aromatic nitrogens is 1. The summed E-state index contributed by atoms with van der Waals surface area (Å²) in [7, 11) is 0. The van der Waals surface area contributed by atoms with Crippen LogP contribution < -0.4 is 5.32 Å². The lowest BCUT2D eigenvalue weighted by molar-refractivity contribution is 0.0886. The molecular formula is C26H28N4O2. The Labute approximate surface area is 188 Å². The number of amides is 1. The van der Waals surface area contributed by atoms with Gasteiger partial charge in [-0.2, -0.15) is 5.26 Å². The highest BCUT2D eigenvalue weighted by Gasteiger charge is 2.25. The summed E-state index contributed by atoms with van der Waals surface area (Å²) in [6, 6.07) is 16.0. The second kappa shape index (κ2) is 9.13. The van der Waals surface area contributed by atoms with Crippen LogP contribution in [0.4, 0.5) is 0 Å². The minimum absolute atomic E-state index is 0.151. The molecule has 1 amide bonds. The molecular weight excluding hydrogens is 400 g/mol. The van der Waals surface area contributed by atoms with Crippen molar-refractivity contribution < 1.29 is 9.21 Å². The molecule has 164 valence electrons. The molecule has 1 aromatic heterocycles. The van der Waals surface area contributed by atoms with Crippen molar-refractivity contribution in [3.8, 4) is 6.07 Å². The largest absolute Gasteiger partial charge is 0.432 e. The average Bonchev–Trinajstić information content (AvgIpc) is 3.28.